The van der Waals surface area contributed by atoms with Gasteiger partial charge in [-0.15, -0.1) is 0 Å². The number of carbonyl (C=O) groups is 1. The van der Waals surface area contributed by atoms with Gasteiger partial charge in [-0.25, -0.2) is 4.79 Å². The van der Waals surface area contributed by atoms with Gasteiger partial charge in [0.2, 0.25) is 0 Å². The maximum Gasteiger partial charge on any atom is 0.339 e. The van der Waals surface area contributed by atoms with Crippen LogP contribution in [0.25, 0.3) is 10.8 Å². The van der Waals surface area contributed by atoms with Crippen LogP contribution in [0.5, 0.6) is 5.75 Å². The Balaban J connectivity index is 2.42. The molecule has 0 spiro atoms. The van der Waals surface area contributed by atoms with Crippen molar-refractivity contribution in [2.75, 3.05) is 6.54 Å². The Morgan fingerprint density at radius 2 is 1.90 bits per heavy atom. The molecule has 0 aliphatic rings. The summed E-state index contributed by atoms with van der Waals surface area (Å²) in [5.41, 5.74) is 0.313. The van der Waals surface area contributed by atoms with Gasteiger partial charge in [0, 0.05) is 10.8 Å². The van der Waals surface area contributed by atoms with Crippen LogP contribution in [0.2, 0.25) is 0 Å². The molecule has 0 aromatic heterocycles. The largest absolute Gasteiger partial charge is 0.506 e. The second kappa shape index (κ2) is 6.83. The zero-order chi connectivity index (χ0) is 15.2. The van der Waals surface area contributed by atoms with Crippen molar-refractivity contribution >= 4 is 22.4 Å². The molecule has 2 aromatic rings. The molecule has 0 aliphatic heterocycles. The second-order valence-electron chi connectivity index (χ2n) is 4.81. The summed E-state index contributed by atoms with van der Waals surface area (Å²) in [5.74, 6) is -1.41. The molecule has 2 aromatic carbocycles. The summed E-state index contributed by atoms with van der Waals surface area (Å²) in [7, 11) is 0. The average molecular weight is 286 g/mol. The van der Waals surface area contributed by atoms with Gasteiger partial charge < -0.3 is 10.2 Å². The van der Waals surface area contributed by atoms with Crippen LogP contribution in [0.15, 0.2) is 40.6 Å². The molecule has 0 heterocycles. The molecule has 0 amide bonds. The smallest absolute Gasteiger partial charge is 0.339 e. The fourth-order valence-electron chi connectivity index (χ4n) is 2.15. The number of rotatable bonds is 6. The Kier molecular flexibility index (Phi) is 4.87. The third-order valence-corrected chi connectivity index (χ3v) is 3.26. The van der Waals surface area contributed by atoms with E-state index in [1.54, 1.807) is 18.2 Å². The fourth-order valence-corrected chi connectivity index (χ4v) is 2.15. The van der Waals surface area contributed by atoms with Gasteiger partial charge in [-0.2, -0.15) is 10.2 Å². The highest BCUT2D eigenvalue weighted by Crippen LogP contribution is 2.36. The van der Waals surface area contributed by atoms with Gasteiger partial charge in [-0.1, -0.05) is 44.0 Å². The van der Waals surface area contributed by atoms with Crippen molar-refractivity contribution in [2.45, 2.75) is 26.2 Å². The normalized spacial score (nSPS) is 11.3. The fraction of sp³-hybridized carbons (Fsp3) is 0.312. The van der Waals surface area contributed by atoms with Gasteiger partial charge in [-0.05, 0) is 12.5 Å². The maximum atomic E-state index is 11.2. The summed E-state index contributed by atoms with van der Waals surface area (Å²) >= 11 is 0. The average Bonchev–Trinajstić information content (AvgIpc) is 2.49. The number of aromatic hydroxyl groups is 1. The van der Waals surface area contributed by atoms with E-state index >= 15 is 0 Å². The molecule has 0 aliphatic carbocycles. The minimum atomic E-state index is -1.18. The number of unbranched alkanes of at least 4 members (excludes halogenated alkanes) is 2. The first kappa shape index (κ1) is 15.0. The van der Waals surface area contributed by atoms with E-state index in [9.17, 15) is 9.90 Å². The van der Waals surface area contributed by atoms with Crippen molar-refractivity contribution in [3.63, 3.8) is 0 Å². The zero-order valence-electron chi connectivity index (χ0n) is 11.9. The van der Waals surface area contributed by atoms with Crippen molar-refractivity contribution in [3.05, 3.63) is 35.9 Å². The van der Waals surface area contributed by atoms with Gasteiger partial charge in [0.25, 0.3) is 0 Å². The molecule has 2 rings (SSSR count). The van der Waals surface area contributed by atoms with Crippen LogP contribution >= 0.6 is 0 Å². The molecular weight excluding hydrogens is 268 g/mol. The van der Waals surface area contributed by atoms with Crippen molar-refractivity contribution in [1.29, 1.82) is 0 Å². The third-order valence-electron chi connectivity index (χ3n) is 3.26. The summed E-state index contributed by atoms with van der Waals surface area (Å²) < 4.78 is 0. The lowest BCUT2D eigenvalue weighted by Crippen LogP contribution is -1.97. The molecule has 0 saturated heterocycles. The van der Waals surface area contributed by atoms with Gasteiger partial charge in [0.1, 0.15) is 11.3 Å². The number of nitrogens with zero attached hydrogens (tertiary/aromatic N) is 2. The Morgan fingerprint density at radius 3 is 2.57 bits per heavy atom. The number of azo groups is 1. The monoisotopic (exact) mass is 286 g/mol. The van der Waals surface area contributed by atoms with E-state index in [-0.39, 0.29) is 11.3 Å². The quantitative estimate of drug-likeness (QED) is 0.605. The minimum absolute atomic E-state index is 0.156. The number of hydrogen-bond acceptors (Lipinski definition) is 4. The Labute approximate surface area is 122 Å². The number of fused-ring (bicyclic) bond motifs is 1. The Morgan fingerprint density at radius 1 is 1.19 bits per heavy atom. The van der Waals surface area contributed by atoms with Gasteiger partial charge >= 0.3 is 5.97 Å². The molecule has 5 heteroatoms. The predicted octanol–water partition coefficient (Wildman–Crippen LogP) is 4.52. The van der Waals surface area contributed by atoms with E-state index < -0.39 is 5.97 Å². The summed E-state index contributed by atoms with van der Waals surface area (Å²) in [5, 5.41) is 28.6. The van der Waals surface area contributed by atoms with Crippen LogP contribution in [0.3, 0.4) is 0 Å². The molecule has 110 valence electrons. The van der Waals surface area contributed by atoms with Crippen LogP contribution < -0.4 is 0 Å². The Hall–Kier alpha value is -2.43. The molecule has 2 N–H and O–H groups in total. The van der Waals surface area contributed by atoms with Crippen LogP contribution in [-0.4, -0.2) is 22.7 Å². The van der Waals surface area contributed by atoms with Gasteiger partial charge in [0.15, 0.2) is 0 Å². The lowest BCUT2D eigenvalue weighted by atomic mass is 10.0. The van der Waals surface area contributed by atoms with E-state index in [1.165, 1.54) is 6.07 Å². The van der Waals surface area contributed by atoms with Crippen LogP contribution in [0, 0.1) is 0 Å². The number of carboxylic acid groups (broad SMARTS) is 1. The highest BCUT2D eigenvalue weighted by atomic mass is 16.4. The molecule has 21 heavy (non-hydrogen) atoms. The number of hydrogen-bond donors (Lipinski definition) is 2. The van der Waals surface area contributed by atoms with Crippen LogP contribution in [0.4, 0.5) is 5.69 Å². The highest BCUT2D eigenvalue weighted by Gasteiger charge is 2.15. The van der Waals surface area contributed by atoms with Crippen molar-refractivity contribution in [1.82, 2.24) is 0 Å². The summed E-state index contributed by atoms with van der Waals surface area (Å²) in [6, 6.07) is 8.39. The SMILES string of the molecule is CCCCC/N=N/c1cc(C(=O)O)c(O)c2ccccc12. The van der Waals surface area contributed by atoms with E-state index in [0.29, 0.717) is 23.0 Å². The first-order chi connectivity index (χ1) is 10.1. The van der Waals surface area contributed by atoms with Gasteiger partial charge in [-0.3, -0.25) is 0 Å². The van der Waals surface area contributed by atoms with E-state index in [1.807, 2.05) is 6.07 Å². The first-order valence-electron chi connectivity index (χ1n) is 7.00. The molecule has 0 bridgehead atoms. The lowest BCUT2D eigenvalue weighted by Gasteiger charge is -2.07. The summed E-state index contributed by atoms with van der Waals surface area (Å²) in [4.78, 5) is 11.2. The second-order valence-corrected chi connectivity index (χ2v) is 4.81. The number of aromatic carboxylic acids is 1. The Bertz CT molecular complexity index is 681. The maximum absolute atomic E-state index is 11.2. The van der Waals surface area contributed by atoms with Gasteiger partial charge in [0.05, 0.1) is 12.2 Å². The third kappa shape index (κ3) is 3.37. The van der Waals surface area contributed by atoms with E-state index in [2.05, 4.69) is 17.2 Å². The minimum Gasteiger partial charge on any atom is -0.506 e. The van der Waals surface area contributed by atoms with Crippen molar-refractivity contribution < 1.29 is 15.0 Å². The van der Waals surface area contributed by atoms with E-state index in [0.717, 1.165) is 19.3 Å². The molecule has 0 fully saturated rings. The molecule has 0 saturated carbocycles. The molecule has 0 unspecified atom stereocenters. The number of carboxylic acids is 1. The standard InChI is InChI=1S/C16H18N2O3/c1-2-3-6-9-17-18-14-10-13(16(20)21)15(19)12-8-5-4-7-11(12)14/h4-5,7-8,10,19H,2-3,6,9H2,1H3,(H,20,21)/b18-17+. The van der Waals surface area contributed by atoms with E-state index in [4.69, 9.17) is 5.11 Å². The first-order valence-corrected chi connectivity index (χ1v) is 7.00. The lowest BCUT2D eigenvalue weighted by molar-refractivity contribution is 0.0694. The predicted molar refractivity (Wildman–Crippen MR) is 81.5 cm³/mol. The topological polar surface area (TPSA) is 82.2 Å². The molecule has 0 atom stereocenters. The number of benzene rings is 2. The number of phenols is 1. The summed E-state index contributed by atoms with van der Waals surface area (Å²) in [6.45, 7) is 2.73. The van der Waals surface area contributed by atoms with Crippen LogP contribution in [0.1, 0.15) is 36.5 Å². The van der Waals surface area contributed by atoms with Crippen LogP contribution in [-0.2, 0) is 0 Å². The van der Waals surface area contributed by atoms with Crippen molar-refractivity contribution in [2.24, 2.45) is 10.2 Å². The summed E-state index contributed by atoms with van der Waals surface area (Å²) in [6.07, 6.45) is 3.17. The highest BCUT2D eigenvalue weighted by molar-refractivity contribution is 6.05. The molecular formula is C16H18N2O3. The molecule has 5 nitrogen and oxygen atoms in total. The zero-order valence-corrected chi connectivity index (χ0v) is 11.9. The van der Waals surface area contributed by atoms with Crippen molar-refractivity contribution in [3.8, 4) is 5.75 Å². The molecule has 0 radical (unpaired) electrons.